The molecule has 0 radical (unpaired) electrons. The molecule has 0 spiro atoms. The van der Waals surface area contributed by atoms with E-state index in [4.69, 9.17) is 0 Å². The van der Waals surface area contributed by atoms with Crippen LogP contribution >= 0.6 is 0 Å². The fraction of sp³-hybridized carbons (Fsp3) is 0.333. The van der Waals surface area contributed by atoms with Crippen LogP contribution < -0.4 is 15.5 Å². The topological polar surface area (TPSA) is 61.4 Å². The summed E-state index contributed by atoms with van der Waals surface area (Å²) in [4.78, 5) is 26.4. The second-order valence-electron chi connectivity index (χ2n) is 6.68. The standard InChI is InChI=1S/C21H25N3O2/c1-24(19-5-3-2-4-6-19)20(25)15-16-7-9-18(10-8-16)23-21(26)17-11-13-22-14-12-17/h2-10,17,22H,11-15H2,1H3,(H,23,26). The fourth-order valence-electron chi connectivity index (χ4n) is 3.12. The van der Waals surface area contributed by atoms with Gasteiger partial charge in [-0.25, -0.2) is 0 Å². The van der Waals surface area contributed by atoms with Gasteiger partial charge in [-0.15, -0.1) is 0 Å². The third kappa shape index (κ3) is 4.70. The molecule has 1 aliphatic rings. The summed E-state index contributed by atoms with van der Waals surface area (Å²) in [5.74, 6) is 0.193. The van der Waals surface area contributed by atoms with Crippen molar-refractivity contribution in [1.29, 1.82) is 0 Å². The molecule has 1 saturated heterocycles. The lowest BCUT2D eigenvalue weighted by atomic mass is 9.97. The molecule has 2 amide bonds. The van der Waals surface area contributed by atoms with Gasteiger partial charge in [0.05, 0.1) is 6.42 Å². The zero-order valence-corrected chi connectivity index (χ0v) is 15.1. The maximum atomic E-state index is 12.4. The van der Waals surface area contributed by atoms with Crippen molar-refractivity contribution in [2.45, 2.75) is 19.3 Å². The molecule has 3 rings (SSSR count). The number of carbonyl (C=O) groups excluding carboxylic acids is 2. The van der Waals surface area contributed by atoms with E-state index in [2.05, 4.69) is 10.6 Å². The van der Waals surface area contributed by atoms with Crippen molar-refractivity contribution < 1.29 is 9.59 Å². The van der Waals surface area contributed by atoms with Crippen molar-refractivity contribution >= 4 is 23.2 Å². The van der Waals surface area contributed by atoms with Crippen molar-refractivity contribution in [3.8, 4) is 0 Å². The number of rotatable bonds is 5. The smallest absolute Gasteiger partial charge is 0.231 e. The summed E-state index contributed by atoms with van der Waals surface area (Å²) in [6.07, 6.45) is 2.09. The van der Waals surface area contributed by atoms with Crippen molar-refractivity contribution in [1.82, 2.24) is 5.32 Å². The normalized spacial score (nSPS) is 14.7. The van der Waals surface area contributed by atoms with Crippen LogP contribution in [0.1, 0.15) is 18.4 Å². The van der Waals surface area contributed by atoms with E-state index in [1.807, 2.05) is 54.6 Å². The summed E-state index contributed by atoms with van der Waals surface area (Å²) >= 11 is 0. The molecule has 0 aromatic heterocycles. The molecule has 0 atom stereocenters. The van der Waals surface area contributed by atoms with Crippen molar-refractivity contribution in [3.05, 3.63) is 60.2 Å². The molecule has 0 aliphatic carbocycles. The van der Waals surface area contributed by atoms with E-state index < -0.39 is 0 Å². The SMILES string of the molecule is CN(C(=O)Cc1ccc(NC(=O)C2CCNCC2)cc1)c1ccccc1. The van der Waals surface area contributed by atoms with Crippen LogP contribution in [0.15, 0.2) is 54.6 Å². The molecule has 1 fully saturated rings. The van der Waals surface area contributed by atoms with Crippen LogP contribution in [0.2, 0.25) is 0 Å². The number of piperidine rings is 1. The first-order valence-corrected chi connectivity index (χ1v) is 9.05. The van der Waals surface area contributed by atoms with Crippen LogP contribution in [0, 0.1) is 5.92 Å². The Hall–Kier alpha value is -2.66. The molecule has 2 N–H and O–H groups in total. The second-order valence-corrected chi connectivity index (χ2v) is 6.68. The number of nitrogens with one attached hydrogen (secondary N) is 2. The lowest BCUT2D eigenvalue weighted by molar-refractivity contribution is -0.120. The third-order valence-corrected chi connectivity index (χ3v) is 4.80. The molecular formula is C21H25N3O2. The highest BCUT2D eigenvalue weighted by atomic mass is 16.2. The maximum Gasteiger partial charge on any atom is 0.231 e. The maximum absolute atomic E-state index is 12.4. The molecule has 0 saturated carbocycles. The van der Waals surface area contributed by atoms with E-state index in [0.717, 1.165) is 42.9 Å². The number of amides is 2. The lowest BCUT2D eigenvalue weighted by Crippen LogP contribution is -2.34. The Morgan fingerprint density at radius 3 is 2.35 bits per heavy atom. The Morgan fingerprint density at radius 2 is 1.69 bits per heavy atom. The Kier molecular flexibility index (Phi) is 6.02. The number of likely N-dealkylation sites (N-methyl/N-ethyl adjacent to an activating group) is 1. The van der Waals surface area contributed by atoms with Crippen LogP contribution in [0.25, 0.3) is 0 Å². The molecule has 5 heteroatoms. The summed E-state index contributed by atoms with van der Waals surface area (Å²) in [7, 11) is 1.78. The number of hydrogen-bond donors (Lipinski definition) is 2. The van der Waals surface area contributed by atoms with Gasteiger partial charge in [-0.05, 0) is 55.8 Å². The summed E-state index contributed by atoms with van der Waals surface area (Å²) in [5.41, 5.74) is 2.59. The van der Waals surface area contributed by atoms with Crippen molar-refractivity contribution in [3.63, 3.8) is 0 Å². The zero-order chi connectivity index (χ0) is 18.4. The first kappa shape index (κ1) is 18.1. The fourth-order valence-corrected chi connectivity index (χ4v) is 3.12. The van der Waals surface area contributed by atoms with Gasteiger partial charge in [0.25, 0.3) is 0 Å². The largest absolute Gasteiger partial charge is 0.326 e. The van der Waals surface area contributed by atoms with E-state index in [-0.39, 0.29) is 17.7 Å². The second kappa shape index (κ2) is 8.63. The molecule has 2 aromatic carbocycles. The van der Waals surface area contributed by atoms with E-state index in [1.165, 1.54) is 0 Å². The molecule has 0 unspecified atom stereocenters. The van der Waals surface area contributed by atoms with E-state index in [9.17, 15) is 9.59 Å². The van der Waals surface area contributed by atoms with Gasteiger partial charge < -0.3 is 15.5 Å². The van der Waals surface area contributed by atoms with Crippen molar-refractivity contribution in [2.24, 2.45) is 5.92 Å². The number of para-hydroxylation sites is 1. The number of anilines is 2. The van der Waals surface area contributed by atoms with E-state index in [1.54, 1.807) is 11.9 Å². The Morgan fingerprint density at radius 1 is 1.04 bits per heavy atom. The van der Waals surface area contributed by atoms with Gasteiger partial charge in [0.15, 0.2) is 0 Å². The minimum atomic E-state index is 0.0303. The molecule has 1 aliphatic heterocycles. The summed E-state index contributed by atoms with van der Waals surface area (Å²) in [5, 5.41) is 6.24. The van der Waals surface area contributed by atoms with Crippen LogP contribution in [-0.2, 0) is 16.0 Å². The molecular weight excluding hydrogens is 326 g/mol. The minimum Gasteiger partial charge on any atom is -0.326 e. The van der Waals surface area contributed by atoms with Crippen LogP contribution in [0.4, 0.5) is 11.4 Å². The number of nitrogens with zero attached hydrogens (tertiary/aromatic N) is 1. The lowest BCUT2D eigenvalue weighted by Gasteiger charge is -2.21. The van der Waals surface area contributed by atoms with Gasteiger partial charge in [0.2, 0.25) is 11.8 Å². The molecule has 2 aromatic rings. The average Bonchev–Trinajstić information content (AvgIpc) is 2.70. The predicted octanol–water partition coefficient (Wildman–Crippen LogP) is 2.83. The molecule has 136 valence electrons. The molecule has 5 nitrogen and oxygen atoms in total. The number of hydrogen-bond acceptors (Lipinski definition) is 3. The van der Waals surface area contributed by atoms with Crippen molar-refractivity contribution in [2.75, 3.05) is 30.4 Å². The van der Waals surface area contributed by atoms with Gasteiger partial charge in [-0.2, -0.15) is 0 Å². The van der Waals surface area contributed by atoms with Crippen LogP contribution in [0.5, 0.6) is 0 Å². The van der Waals surface area contributed by atoms with E-state index >= 15 is 0 Å². The Bertz CT molecular complexity index is 738. The van der Waals surface area contributed by atoms with Gasteiger partial charge in [0.1, 0.15) is 0 Å². The zero-order valence-electron chi connectivity index (χ0n) is 15.1. The summed E-state index contributed by atoms with van der Waals surface area (Å²) in [6.45, 7) is 1.79. The number of carbonyl (C=O) groups is 2. The van der Waals surface area contributed by atoms with Gasteiger partial charge >= 0.3 is 0 Å². The van der Waals surface area contributed by atoms with E-state index in [0.29, 0.717) is 6.42 Å². The first-order chi connectivity index (χ1) is 12.6. The number of benzene rings is 2. The highest BCUT2D eigenvalue weighted by molar-refractivity contribution is 5.94. The van der Waals surface area contributed by atoms with Gasteiger partial charge in [-0.1, -0.05) is 30.3 Å². The predicted molar refractivity (Wildman–Crippen MR) is 104 cm³/mol. The highest BCUT2D eigenvalue weighted by Crippen LogP contribution is 2.17. The quantitative estimate of drug-likeness (QED) is 0.871. The Balaban J connectivity index is 1.55. The third-order valence-electron chi connectivity index (χ3n) is 4.80. The molecule has 0 bridgehead atoms. The average molecular weight is 351 g/mol. The summed E-state index contributed by atoms with van der Waals surface area (Å²) < 4.78 is 0. The van der Waals surface area contributed by atoms with Gasteiger partial charge in [0, 0.05) is 24.3 Å². The first-order valence-electron chi connectivity index (χ1n) is 9.05. The molecule has 26 heavy (non-hydrogen) atoms. The summed E-state index contributed by atoms with van der Waals surface area (Å²) in [6, 6.07) is 17.1. The highest BCUT2D eigenvalue weighted by Gasteiger charge is 2.20. The van der Waals surface area contributed by atoms with Crippen LogP contribution in [0.3, 0.4) is 0 Å². The monoisotopic (exact) mass is 351 g/mol. The van der Waals surface area contributed by atoms with Crippen LogP contribution in [-0.4, -0.2) is 32.0 Å². The minimum absolute atomic E-state index is 0.0303. The Labute approximate surface area is 154 Å². The molecule has 1 heterocycles. The van der Waals surface area contributed by atoms with Gasteiger partial charge in [-0.3, -0.25) is 9.59 Å².